The first kappa shape index (κ1) is 14.3. The first-order valence-corrected chi connectivity index (χ1v) is 5.01. The van der Waals surface area contributed by atoms with Gasteiger partial charge in [-0.1, -0.05) is 11.6 Å². The third kappa shape index (κ3) is 3.36. The second-order valence-corrected chi connectivity index (χ2v) is 3.31. The maximum absolute atomic E-state index is 5.22. The minimum Gasteiger partial charge on any atom is -0.455 e. The van der Waals surface area contributed by atoms with E-state index in [0.717, 1.165) is 22.4 Å². The van der Waals surface area contributed by atoms with E-state index in [1.54, 1.807) is 6.20 Å². The Morgan fingerprint density at radius 1 is 1.24 bits per heavy atom. The molecule has 0 aliphatic carbocycles. The molecular weight excluding hydrogens is 293 g/mol. The zero-order chi connectivity index (χ0) is 11.4. The maximum Gasteiger partial charge on any atom is 0.231 e. The third-order valence-corrected chi connectivity index (χ3v) is 1.95. The van der Waals surface area contributed by atoms with Crippen LogP contribution in [-0.2, 0) is 32.7 Å². The van der Waals surface area contributed by atoms with E-state index in [1.165, 1.54) is 0 Å². The largest absolute Gasteiger partial charge is 0.455 e. The van der Waals surface area contributed by atoms with Crippen molar-refractivity contribution in [2.75, 3.05) is 6.79 Å². The molecule has 0 saturated carbocycles. The van der Waals surface area contributed by atoms with Crippen LogP contribution in [0.15, 0.2) is 18.3 Å². The molecule has 1 aliphatic rings. The Hall–Kier alpha value is -0.736. The van der Waals surface area contributed by atoms with Gasteiger partial charge in [-0.05, 0) is 17.6 Å². The van der Waals surface area contributed by atoms with Gasteiger partial charge in [0.15, 0.2) is 11.5 Å². The molecule has 0 amide bonds. The Balaban J connectivity index is 0.000000331. The van der Waals surface area contributed by atoms with Crippen LogP contribution in [0.4, 0.5) is 0 Å². The van der Waals surface area contributed by atoms with Gasteiger partial charge < -0.3 is 25.9 Å². The summed E-state index contributed by atoms with van der Waals surface area (Å²) in [5.74, 6) is 1.49. The first-order chi connectivity index (χ1) is 7.85. The standard InChI is InChI=1S/C9H5N2O2.C3H7.Y/c1-6-3-10-4-11-7(6)2-9-8(1)12-5-13-9;1-3-2;/h1-3H,5H2;3H,1-2H3;/q2*-1;. The number of ether oxygens (including phenoxy) is 2. The predicted octanol–water partition coefficient (Wildman–Crippen LogP) is 2.39. The molecular formula is C12H12N2O2Y-2. The molecule has 2 heterocycles. The van der Waals surface area contributed by atoms with Gasteiger partial charge in [0.1, 0.15) is 0 Å². The summed E-state index contributed by atoms with van der Waals surface area (Å²) in [6, 6.07) is 3.70. The average Bonchev–Trinajstić information content (AvgIpc) is 2.74. The van der Waals surface area contributed by atoms with Crippen LogP contribution >= 0.6 is 0 Å². The molecule has 87 valence electrons. The fourth-order valence-corrected chi connectivity index (χ4v) is 1.33. The van der Waals surface area contributed by atoms with Crippen LogP contribution in [0.5, 0.6) is 11.5 Å². The van der Waals surface area contributed by atoms with Gasteiger partial charge in [0.05, 0.1) is 0 Å². The quantitative estimate of drug-likeness (QED) is 0.701. The van der Waals surface area contributed by atoms with E-state index in [0.29, 0.717) is 0 Å². The van der Waals surface area contributed by atoms with Crippen molar-refractivity contribution in [2.24, 2.45) is 0 Å². The molecule has 5 heteroatoms. The van der Waals surface area contributed by atoms with E-state index < -0.39 is 0 Å². The molecule has 1 aromatic heterocycles. The minimum atomic E-state index is 0. The molecule has 0 unspecified atom stereocenters. The van der Waals surface area contributed by atoms with Gasteiger partial charge in [-0.2, -0.15) is 13.8 Å². The van der Waals surface area contributed by atoms with E-state index >= 15 is 0 Å². The van der Waals surface area contributed by atoms with Crippen LogP contribution in [0, 0.1) is 12.7 Å². The summed E-state index contributed by atoms with van der Waals surface area (Å²) in [6.07, 6.45) is 6.23. The molecule has 0 atom stereocenters. The maximum atomic E-state index is 5.22. The average molecular weight is 305 g/mol. The molecule has 0 bridgehead atoms. The van der Waals surface area contributed by atoms with E-state index in [2.05, 4.69) is 16.3 Å². The minimum absolute atomic E-state index is 0. The summed E-state index contributed by atoms with van der Waals surface area (Å²) in [6.45, 7) is 4.28. The smallest absolute Gasteiger partial charge is 0.231 e. The number of hydrogen-bond acceptors (Lipinski definition) is 4. The van der Waals surface area contributed by atoms with E-state index in [1.807, 2.05) is 32.4 Å². The molecule has 0 saturated heterocycles. The summed E-state index contributed by atoms with van der Waals surface area (Å²) in [5.41, 5.74) is 0.819. The molecule has 1 aromatic carbocycles. The SMILES string of the molecule is C[CH-]C.[Y].[c-]1ncc2cc3c(cc2n1)OCO3. The molecule has 0 N–H and O–H groups in total. The molecule has 0 fully saturated rings. The molecule has 3 rings (SSSR count). The fraction of sp³-hybridized carbons (Fsp3) is 0.250. The fourth-order valence-electron chi connectivity index (χ4n) is 1.33. The first-order valence-electron chi connectivity index (χ1n) is 5.01. The second kappa shape index (κ2) is 6.87. The Bertz CT molecular complexity index is 448. The molecule has 1 aliphatic heterocycles. The van der Waals surface area contributed by atoms with Crippen LogP contribution in [0.2, 0.25) is 0 Å². The van der Waals surface area contributed by atoms with E-state index in [4.69, 9.17) is 9.47 Å². The van der Waals surface area contributed by atoms with Crippen molar-refractivity contribution in [3.63, 3.8) is 0 Å². The van der Waals surface area contributed by atoms with Crippen LogP contribution < -0.4 is 9.47 Å². The molecule has 1 radical (unpaired) electrons. The van der Waals surface area contributed by atoms with Gasteiger partial charge in [0, 0.05) is 39.0 Å². The number of rotatable bonds is 0. The Labute approximate surface area is 126 Å². The second-order valence-electron chi connectivity index (χ2n) is 3.31. The normalized spacial score (nSPS) is 11.4. The molecule has 0 spiro atoms. The monoisotopic (exact) mass is 305 g/mol. The van der Waals surface area contributed by atoms with Crippen LogP contribution in [0.1, 0.15) is 13.8 Å². The number of hydrogen-bond donors (Lipinski definition) is 0. The molecule has 17 heavy (non-hydrogen) atoms. The van der Waals surface area contributed by atoms with Gasteiger partial charge in [0.2, 0.25) is 6.79 Å². The molecule has 4 nitrogen and oxygen atoms in total. The predicted molar refractivity (Wildman–Crippen MR) is 60.1 cm³/mol. The third-order valence-electron chi connectivity index (χ3n) is 1.95. The summed E-state index contributed by atoms with van der Waals surface area (Å²) in [4.78, 5) is 7.79. The van der Waals surface area contributed by atoms with Crippen molar-refractivity contribution >= 4 is 10.9 Å². The summed E-state index contributed by atoms with van der Waals surface area (Å²) >= 11 is 0. The van der Waals surface area contributed by atoms with Crippen molar-refractivity contribution < 1.29 is 42.2 Å². The van der Waals surface area contributed by atoms with Crippen LogP contribution in [-0.4, -0.2) is 16.8 Å². The number of aromatic nitrogens is 2. The number of fused-ring (bicyclic) bond motifs is 2. The van der Waals surface area contributed by atoms with Crippen molar-refractivity contribution in [3.05, 3.63) is 31.1 Å². The molecule has 2 aromatic rings. The number of benzene rings is 1. The van der Waals surface area contributed by atoms with Gasteiger partial charge in [-0.25, -0.2) is 0 Å². The Morgan fingerprint density at radius 2 is 1.88 bits per heavy atom. The van der Waals surface area contributed by atoms with Gasteiger partial charge in [0.25, 0.3) is 0 Å². The van der Waals surface area contributed by atoms with Gasteiger partial charge in [-0.15, -0.1) is 0 Å². The topological polar surface area (TPSA) is 44.2 Å². The van der Waals surface area contributed by atoms with Crippen molar-refractivity contribution in [1.82, 2.24) is 9.97 Å². The summed E-state index contributed by atoms with van der Waals surface area (Å²) in [7, 11) is 0. The van der Waals surface area contributed by atoms with E-state index in [9.17, 15) is 0 Å². The van der Waals surface area contributed by atoms with E-state index in [-0.39, 0.29) is 39.5 Å². The van der Waals surface area contributed by atoms with Crippen molar-refractivity contribution in [1.29, 1.82) is 0 Å². The summed E-state index contributed by atoms with van der Waals surface area (Å²) in [5, 5.41) is 0.933. The van der Waals surface area contributed by atoms with Crippen molar-refractivity contribution in [3.8, 4) is 11.5 Å². The zero-order valence-electron chi connectivity index (χ0n) is 9.80. The Kier molecular flexibility index (Phi) is 5.79. The summed E-state index contributed by atoms with van der Waals surface area (Å²) < 4.78 is 10.4. The van der Waals surface area contributed by atoms with Gasteiger partial charge >= 0.3 is 0 Å². The van der Waals surface area contributed by atoms with Gasteiger partial charge in [-0.3, -0.25) is 0 Å². The Morgan fingerprint density at radius 3 is 2.59 bits per heavy atom. The van der Waals surface area contributed by atoms with Crippen LogP contribution in [0.25, 0.3) is 10.9 Å². The number of nitrogens with zero attached hydrogens (tertiary/aromatic N) is 2. The van der Waals surface area contributed by atoms with Crippen molar-refractivity contribution in [2.45, 2.75) is 13.8 Å². The van der Waals surface area contributed by atoms with Crippen LogP contribution in [0.3, 0.4) is 0 Å². The zero-order valence-corrected chi connectivity index (χ0v) is 12.6.